The third kappa shape index (κ3) is 5.93. The smallest absolute Gasteiger partial charge is 0.217 e. The number of ketones is 1. The fraction of sp³-hybridized carbons (Fsp3) is 0.750. The molecule has 0 aromatic heterocycles. The summed E-state index contributed by atoms with van der Waals surface area (Å²) in [5.74, 6) is 1.15. The van der Waals surface area contributed by atoms with Crippen LogP contribution in [0.5, 0.6) is 0 Å². The summed E-state index contributed by atoms with van der Waals surface area (Å²) >= 11 is 7.01. The zero-order valence-electron chi connectivity index (χ0n) is 7.80. The molecule has 0 aromatic rings. The highest BCUT2D eigenvalue weighted by Crippen LogP contribution is 2.03. The number of thioether (sulfide) groups is 1. The van der Waals surface area contributed by atoms with Crippen LogP contribution < -0.4 is 5.32 Å². The number of carbonyl (C=O) groups excluding carboxylic acids is 2. The van der Waals surface area contributed by atoms with Gasteiger partial charge in [-0.1, -0.05) is 6.92 Å². The Morgan fingerprint density at radius 3 is 2.54 bits per heavy atom. The van der Waals surface area contributed by atoms with Crippen LogP contribution in [0, 0.1) is 0 Å². The molecule has 0 saturated carbocycles. The molecule has 0 radical (unpaired) electrons. The molecule has 0 aliphatic rings. The van der Waals surface area contributed by atoms with E-state index in [1.54, 1.807) is 11.8 Å². The fourth-order valence-electron chi connectivity index (χ4n) is 0.789. The highest BCUT2D eigenvalue weighted by Gasteiger charge is 2.17. The van der Waals surface area contributed by atoms with Crippen LogP contribution in [0.2, 0.25) is 0 Å². The first-order valence-corrected chi connectivity index (χ1v) is 5.74. The van der Waals surface area contributed by atoms with Gasteiger partial charge in [-0.2, -0.15) is 11.8 Å². The maximum atomic E-state index is 11.2. The summed E-state index contributed by atoms with van der Waals surface area (Å²) in [4.78, 5) is 21.9. The Bertz CT molecular complexity index is 187. The number of carbonyl (C=O) groups is 2. The van der Waals surface area contributed by atoms with Crippen molar-refractivity contribution in [3.63, 3.8) is 0 Å². The summed E-state index contributed by atoms with van der Waals surface area (Å²) in [6.07, 6.45) is 0. The van der Waals surface area contributed by atoms with Gasteiger partial charge < -0.3 is 5.32 Å². The van der Waals surface area contributed by atoms with Gasteiger partial charge in [0.2, 0.25) is 5.91 Å². The largest absolute Gasteiger partial charge is 0.346 e. The summed E-state index contributed by atoms with van der Waals surface area (Å²) in [6.45, 7) is 3.39. The number of rotatable bonds is 6. The summed E-state index contributed by atoms with van der Waals surface area (Å²) in [5, 5.41) is 2.57. The first-order chi connectivity index (χ1) is 6.11. The van der Waals surface area contributed by atoms with E-state index in [2.05, 4.69) is 5.32 Å². The molecule has 0 bridgehead atoms. The van der Waals surface area contributed by atoms with Gasteiger partial charge in [-0.3, -0.25) is 9.59 Å². The first kappa shape index (κ1) is 12.8. The van der Waals surface area contributed by atoms with Crippen LogP contribution in [0.4, 0.5) is 0 Å². The quantitative estimate of drug-likeness (QED) is 0.685. The van der Waals surface area contributed by atoms with Crippen LogP contribution in [0.1, 0.15) is 13.8 Å². The minimum absolute atomic E-state index is 0.0464. The van der Waals surface area contributed by atoms with Gasteiger partial charge in [0.05, 0.1) is 11.9 Å². The van der Waals surface area contributed by atoms with Crippen molar-refractivity contribution < 1.29 is 9.59 Å². The predicted molar refractivity (Wildman–Crippen MR) is 56.3 cm³/mol. The van der Waals surface area contributed by atoms with Crippen LogP contribution in [0.15, 0.2) is 0 Å². The Hall–Kier alpha value is -0.220. The van der Waals surface area contributed by atoms with Crippen molar-refractivity contribution in [3.8, 4) is 0 Å². The zero-order chi connectivity index (χ0) is 10.3. The molecule has 0 aliphatic carbocycles. The van der Waals surface area contributed by atoms with Crippen LogP contribution in [0.3, 0.4) is 0 Å². The lowest BCUT2D eigenvalue weighted by molar-refractivity contribution is -0.124. The second kappa shape index (κ2) is 7.21. The molecule has 13 heavy (non-hydrogen) atoms. The summed E-state index contributed by atoms with van der Waals surface area (Å²) in [7, 11) is 0. The lowest BCUT2D eigenvalue weighted by Crippen LogP contribution is -2.42. The molecule has 1 amide bonds. The van der Waals surface area contributed by atoms with Gasteiger partial charge in [-0.25, -0.2) is 0 Å². The Morgan fingerprint density at radius 2 is 2.15 bits per heavy atom. The van der Waals surface area contributed by atoms with Gasteiger partial charge >= 0.3 is 0 Å². The van der Waals surface area contributed by atoms with E-state index in [1.165, 1.54) is 6.92 Å². The average molecular weight is 224 g/mol. The Labute approximate surface area is 87.6 Å². The van der Waals surface area contributed by atoms with Gasteiger partial charge in [0.15, 0.2) is 5.78 Å². The second-order valence-corrected chi connectivity index (χ2v) is 4.10. The van der Waals surface area contributed by atoms with E-state index in [1.807, 2.05) is 6.92 Å². The number of alkyl halides is 1. The molecule has 0 spiro atoms. The molecule has 0 aliphatic heterocycles. The average Bonchev–Trinajstić information content (AvgIpc) is 2.10. The highest BCUT2D eigenvalue weighted by molar-refractivity contribution is 7.99. The van der Waals surface area contributed by atoms with Crippen LogP contribution >= 0.6 is 23.4 Å². The van der Waals surface area contributed by atoms with Gasteiger partial charge in [-0.15, -0.1) is 11.6 Å². The number of hydrogen-bond acceptors (Lipinski definition) is 3. The monoisotopic (exact) mass is 223 g/mol. The maximum absolute atomic E-state index is 11.2. The molecule has 0 heterocycles. The Kier molecular flexibility index (Phi) is 7.09. The molecule has 0 saturated heterocycles. The van der Waals surface area contributed by atoms with E-state index in [4.69, 9.17) is 11.6 Å². The molecule has 1 N–H and O–H groups in total. The van der Waals surface area contributed by atoms with Gasteiger partial charge in [0.1, 0.15) is 0 Å². The summed E-state index contributed by atoms with van der Waals surface area (Å²) in [6, 6.07) is -0.431. The number of nitrogens with one attached hydrogen (secondary N) is 1. The molecule has 0 rings (SSSR count). The number of halogens is 1. The molecular weight excluding hydrogens is 210 g/mol. The lowest BCUT2D eigenvalue weighted by Gasteiger charge is -2.14. The first-order valence-electron chi connectivity index (χ1n) is 4.05. The molecule has 3 nitrogen and oxygen atoms in total. The van der Waals surface area contributed by atoms with E-state index in [-0.39, 0.29) is 17.6 Å². The molecule has 76 valence electrons. The van der Waals surface area contributed by atoms with E-state index in [0.717, 1.165) is 5.75 Å². The van der Waals surface area contributed by atoms with Crippen LogP contribution in [-0.2, 0) is 9.59 Å². The van der Waals surface area contributed by atoms with E-state index in [0.29, 0.717) is 5.75 Å². The van der Waals surface area contributed by atoms with E-state index < -0.39 is 6.04 Å². The second-order valence-electron chi connectivity index (χ2n) is 2.51. The zero-order valence-corrected chi connectivity index (χ0v) is 9.37. The predicted octanol–water partition coefficient (Wildman–Crippen LogP) is 1.05. The summed E-state index contributed by atoms with van der Waals surface area (Å²) < 4.78 is 0. The van der Waals surface area contributed by atoms with Gasteiger partial charge in [0, 0.05) is 12.7 Å². The van der Waals surface area contributed by atoms with Crippen LogP contribution in [0.25, 0.3) is 0 Å². The van der Waals surface area contributed by atoms with Crippen LogP contribution in [-0.4, -0.2) is 35.1 Å². The third-order valence-electron chi connectivity index (χ3n) is 1.39. The Balaban J connectivity index is 4.02. The molecule has 1 atom stereocenters. The number of amides is 1. The van der Waals surface area contributed by atoms with Crippen molar-refractivity contribution in [3.05, 3.63) is 0 Å². The van der Waals surface area contributed by atoms with E-state index >= 15 is 0 Å². The number of hydrogen-bond donors (Lipinski definition) is 1. The third-order valence-corrected chi connectivity index (χ3v) is 2.63. The topological polar surface area (TPSA) is 46.2 Å². The van der Waals surface area contributed by atoms with Crippen molar-refractivity contribution in [1.82, 2.24) is 5.32 Å². The van der Waals surface area contributed by atoms with Crippen molar-refractivity contribution in [2.75, 3.05) is 17.4 Å². The molecule has 0 aromatic carbocycles. The Morgan fingerprint density at radius 1 is 1.54 bits per heavy atom. The highest BCUT2D eigenvalue weighted by atomic mass is 35.5. The van der Waals surface area contributed by atoms with Crippen molar-refractivity contribution in [1.29, 1.82) is 0 Å². The normalized spacial score (nSPS) is 12.2. The van der Waals surface area contributed by atoms with Crippen molar-refractivity contribution >= 4 is 35.1 Å². The lowest BCUT2D eigenvalue weighted by atomic mass is 10.2. The maximum Gasteiger partial charge on any atom is 0.217 e. The summed E-state index contributed by atoms with van der Waals surface area (Å²) in [5.41, 5.74) is 0. The minimum Gasteiger partial charge on any atom is -0.346 e. The standard InChI is InChI=1S/C8H14ClNO2S/c1-3-13-5-7(8(12)4-9)10-6(2)11/h7H,3-5H2,1-2H3,(H,10,11). The fourth-order valence-corrected chi connectivity index (χ4v) is 1.72. The van der Waals surface area contributed by atoms with Crippen molar-refractivity contribution in [2.45, 2.75) is 19.9 Å². The minimum atomic E-state index is -0.431. The molecular formula is C8H14ClNO2S. The molecule has 0 fully saturated rings. The molecule has 5 heteroatoms. The number of Topliss-reactive ketones (excluding diaryl/α,β-unsaturated/α-hetero) is 1. The van der Waals surface area contributed by atoms with E-state index in [9.17, 15) is 9.59 Å². The molecule has 1 unspecified atom stereocenters. The SMILES string of the molecule is CCSCC(NC(C)=O)C(=O)CCl. The van der Waals surface area contributed by atoms with Gasteiger partial charge in [0.25, 0.3) is 0 Å². The van der Waals surface area contributed by atoms with Crippen molar-refractivity contribution in [2.24, 2.45) is 0 Å². The van der Waals surface area contributed by atoms with Gasteiger partial charge in [-0.05, 0) is 5.75 Å².